The second-order valence-corrected chi connectivity index (χ2v) is 4.50. The maximum Gasteiger partial charge on any atom is 0.257 e. The van der Waals surface area contributed by atoms with Crippen LogP contribution in [0.5, 0.6) is 5.75 Å². The quantitative estimate of drug-likeness (QED) is 0.759. The number of nitrogens with two attached hydrogens (primary N) is 1. The Morgan fingerprint density at radius 3 is 2.56 bits per heavy atom. The van der Waals surface area contributed by atoms with Crippen LogP contribution in [0.4, 0.5) is 5.69 Å². The molecular formula is C13H19N3O2. The van der Waals surface area contributed by atoms with E-state index in [1.807, 2.05) is 0 Å². The average Bonchev–Trinajstić information content (AvgIpc) is 2.38. The van der Waals surface area contributed by atoms with Crippen LogP contribution < -0.4 is 5.73 Å². The lowest BCUT2D eigenvalue weighted by atomic mass is 10.1. The van der Waals surface area contributed by atoms with E-state index in [4.69, 9.17) is 5.73 Å². The summed E-state index contributed by atoms with van der Waals surface area (Å²) in [7, 11) is 0. The Morgan fingerprint density at radius 2 is 2.00 bits per heavy atom. The Morgan fingerprint density at radius 1 is 1.33 bits per heavy atom. The Balaban J connectivity index is 2.08. The highest BCUT2D eigenvalue weighted by atomic mass is 16.3. The molecule has 0 unspecified atom stereocenters. The highest BCUT2D eigenvalue weighted by molar-refractivity contribution is 5.97. The minimum atomic E-state index is -0.122. The molecule has 0 aromatic heterocycles. The van der Waals surface area contributed by atoms with E-state index >= 15 is 0 Å². The first-order valence-electron chi connectivity index (χ1n) is 6.22. The molecule has 1 amide bonds. The lowest BCUT2D eigenvalue weighted by molar-refractivity contribution is 0.0640. The number of piperazine rings is 1. The number of anilines is 1. The van der Waals surface area contributed by atoms with Crippen LogP contribution in [0.15, 0.2) is 18.2 Å². The van der Waals surface area contributed by atoms with Gasteiger partial charge in [-0.3, -0.25) is 4.79 Å². The zero-order valence-corrected chi connectivity index (χ0v) is 10.6. The van der Waals surface area contributed by atoms with Crippen molar-refractivity contribution in [1.82, 2.24) is 9.80 Å². The van der Waals surface area contributed by atoms with Crippen molar-refractivity contribution in [2.75, 3.05) is 38.5 Å². The molecule has 1 aromatic rings. The summed E-state index contributed by atoms with van der Waals surface area (Å²) in [5, 5.41) is 9.75. The lowest BCUT2D eigenvalue weighted by Crippen LogP contribution is -2.48. The van der Waals surface area contributed by atoms with Gasteiger partial charge in [-0.25, -0.2) is 0 Å². The molecule has 1 aliphatic rings. The van der Waals surface area contributed by atoms with Crippen LogP contribution in [0, 0.1) is 0 Å². The van der Waals surface area contributed by atoms with Gasteiger partial charge in [0.05, 0.1) is 5.56 Å². The van der Waals surface area contributed by atoms with Crippen molar-refractivity contribution in [2.24, 2.45) is 0 Å². The second kappa shape index (κ2) is 5.27. The number of carbonyl (C=O) groups is 1. The number of nitrogen functional groups attached to an aromatic ring is 1. The largest absolute Gasteiger partial charge is 0.507 e. The topological polar surface area (TPSA) is 69.8 Å². The number of hydrogen-bond acceptors (Lipinski definition) is 4. The minimum Gasteiger partial charge on any atom is -0.507 e. The van der Waals surface area contributed by atoms with Crippen LogP contribution >= 0.6 is 0 Å². The zero-order chi connectivity index (χ0) is 13.1. The van der Waals surface area contributed by atoms with Gasteiger partial charge in [0.25, 0.3) is 5.91 Å². The number of aromatic hydroxyl groups is 1. The van der Waals surface area contributed by atoms with Gasteiger partial charge in [0.15, 0.2) is 0 Å². The van der Waals surface area contributed by atoms with E-state index in [0.29, 0.717) is 24.3 Å². The van der Waals surface area contributed by atoms with Gasteiger partial charge in [-0.15, -0.1) is 0 Å². The lowest BCUT2D eigenvalue weighted by Gasteiger charge is -2.34. The monoisotopic (exact) mass is 249 g/mol. The Labute approximate surface area is 107 Å². The van der Waals surface area contributed by atoms with E-state index < -0.39 is 0 Å². The fourth-order valence-corrected chi connectivity index (χ4v) is 2.17. The average molecular weight is 249 g/mol. The number of amides is 1. The number of benzene rings is 1. The molecule has 1 aromatic carbocycles. The van der Waals surface area contributed by atoms with Gasteiger partial charge in [-0.05, 0) is 18.7 Å². The van der Waals surface area contributed by atoms with Gasteiger partial charge in [0, 0.05) is 37.9 Å². The smallest absolute Gasteiger partial charge is 0.257 e. The van der Waals surface area contributed by atoms with Crippen LogP contribution in [0.3, 0.4) is 0 Å². The highest BCUT2D eigenvalue weighted by Crippen LogP contribution is 2.22. The summed E-state index contributed by atoms with van der Waals surface area (Å²) in [6.45, 7) is 6.31. The number of rotatable bonds is 2. The fourth-order valence-electron chi connectivity index (χ4n) is 2.17. The number of phenols is 1. The molecule has 3 N–H and O–H groups in total. The number of phenolic OH excluding ortho intramolecular Hbond substituents is 1. The summed E-state index contributed by atoms with van der Waals surface area (Å²) in [4.78, 5) is 16.3. The Kier molecular flexibility index (Phi) is 3.72. The molecule has 1 saturated heterocycles. The van der Waals surface area contributed by atoms with E-state index in [-0.39, 0.29) is 11.7 Å². The van der Waals surface area contributed by atoms with Crippen molar-refractivity contribution in [1.29, 1.82) is 0 Å². The number of hydrogen-bond donors (Lipinski definition) is 2. The molecule has 18 heavy (non-hydrogen) atoms. The SMILES string of the molecule is CCN1CCN(C(=O)c2ccc(N)cc2O)CC1. The third kappa shape index (κ3) is 2.56. The van der Waals surface area contributed by atoms with E-state index in [0.717, 1.165) is 19.6 Å². The molecule has 0 bridgehead atoms. The van der Waals surface area contributed by atoms with Crippen molar-refractivity contribution in [2.45, 2.75) is 6.92 Å². The van der Waals surface area contributed by atoms with Crippen molar-refractivity contribution >= 4 is 11.6 Å². The molecule has 1 heterocycles. The molecule has 0 radical (unpaired) electrons. The van der Waals surface area contributed by atoms with E-state index in [9.17, 15) is 9.90 Å². The predicted octanol–water partition coefficient (Wildman–Crippen LogP) is 0.752. The van der Waals surface area contributed by atoms with Gasteiger partial charge < -0.3 is 20.6 Å². The van der Waals surface area contributed by atoms with Gasteiger partial charge in [0.1, 0.15) is 5.75 Å². The van der Waals surface area contributed by atoms with Gasteiger partial charge in [0.2, 0.25) is 0 Å². The molecule has 0 spiro atoms. The normalized spacial score (nSPS) is 16.8. The van der Waals surface area contributed by atoms with Crippen LogP contribution in [-0.2, 0) is 0 Å². The first-order valence-corrected chi connectivity index (χ1v) is 6.22. The van der Waals surface area contributed by atoms with Crippen LogP contribution in [-0.4, -0.2) is 53.5 Å². The van der Waals surface area contributed by atoms with Crippen molar-refractivity contribution in [3.63, 3.8) is 0 Å². The summed E-state index contributed by atoms with van der Waals surface area (Å²) in [6, 6.07) is 4.63. The summed E-state index contributed by atoms with van der Waals surface area (Å²) in [5.41, 5.74) is 6.34. The van der Waals surface area contributed by atoms with Gasteiger partial charge in [-0.1, -0.05) is 6.92 Å². The van der Waals surface area contributed by atoms with Crippen molar-refractivity contribution in [3.8, 4) is 5.75 Å². The molecule has 0 aliphatic carbocycles. The van der Waals surface area contributed by atoms with Gasteiger partial charge >= 0.3 is 0 Å². The molecule has 1 aliphatic heterocycles. The summed E-state index contributed by atoms with van der Waals surface area (Å²) < 4.78 is 0. The van der Waals surface area contributed by atoms with Crippen molar-refractivity contribution in [3.05, 3.63) is 23.8 Å². The molecule has 1 fully saturated rings. The molecular weight excluding hydrogens is 230 g/mol. The predicted molar refractivity (Wildman–Crippen MR) is 70.5 cm³/mol. The first kappa shape index (κ1) is 12.7. The standard InChI is InChI=1S/C13H19N3O2/c1-2-15-5-7-16(8-6-15)13(18)11-4-3-10(14)9-12(11)17/h3-4,9,17H,2,5-8,14H2,1H3. The Bertz CT molecular complexity index is 440. The number of nitrogens with zero attached hydrogens (tertiary/aromatic N) is 2. The fraction of sp³-hybridized carbons (Fsp3) is 0.462. The number of carbonyl (C=O) groups excluding carboxylic acids is 1. The molecule has 5 heteroatoms. The van der Waals surface area contributed by atoms with Crippen molar-refractivity contribution < 1.29 is 9.90 Å². The molecule has 5 nitrogen and oxygen atoms in total. The summed E-state index contributed by atoms with van der Waals surface area (Å²) >= 11 is 0. The van der Waals surface area contributed by atoms with Gasteiger partial charge in [-0.2, -0.15) is 0 Å². The molecule has 0 saturated carbocycles. The first-order chi connectivity index (χ1) is 8.61. The maximum atomic E-state index is 12.2. The van der Waals surface area contributed by atoms with E-state index in [1.54, 1.807) is 17.0 Å². The summed E-state index contributed by atoms with van der Waals surface area (Å²) in [6.07, 6.45) is 0. The van der Waals surface area contributed by atoms with Crippen LogP contribution in [0.2, 0.25) is 0 Å². The van der Waals surface area contributed by atoms with Crippen LogP contribution in [0.25, 0.3) is 0 Å². The van der Waals surface area contributed by atoms with Crippen LogP contribution in [0.1, 0.15) is 17.3 Å². The number of likely N-dealkylation sites (N-methyl/N-ethyl adjacent to an activating group) is 1. The second-order valence-electron chi connectivity index (χ2n) is 4.50. The minimum absolute atomic E-state index is 0.0436. The van der Waals surface area contributed by atoms with E-state index in [1.165, 1.54) is 6.07 Å². The summed E-state index contributed by atoms with van der Waals surface area (Å²) in [5.74, 6) is -0.166. The third-order valence-corrected chi connectivity index (χ3v) is 3.36. The third-order valence-electron chi connectivity index (χ3n) is 3.36. The molecule has 2 rings (SSSR count). The zero-order valence-electron chi connectivity index (χ0n) is 10.6. The highest BCUT2D eigenvalue weighted by Gasteiger charge is 2.23. The molecule has 98 valence electrons. The Hall–Kier alpha value is -1.75. The van der Waals surface area contributed by atoms with E-state index in [2.05, 4.69) is 11.8 Å². The maximum absolute atomic E-state index is 12.2. The molecule has 0 atom stereocenters.